The number of halogens is 1. The molecule has 2 aliphatic heterocycles. The Morgan fingerprint density at radius 2 is 2.24 bits per heavy atom. The highest BCUT2D eigenvalue weighted by atomic mass is 32.2. The lowest BCUT2D eigenvalue weighted by molar-refractivity contribution is -0.150. The molecule has 4 rings (SSSR count). The second-order valence-corrected chi connectivity index (χ2v) is 9.05. The van der Waals surface area contributed by atoms with E-state index >= 15 is 0 Å². The first-order valence-corrected chi connectivity index (χ1v) is 11.6. The molecular formula is C20H18FN5O6S2. The molecular weight excluding hydrogens is 489 g/mol. The zero-order valence-corrected chi connectivity index (χ0v) is 19.2. The minimum atomic E-state index is -1.30. The summed E-state index contributed by atoms with van der Waals surface area (Å²) in [6, 6.07) is 4.47. The van der Waals surface area contributed by atoms with Crippen LogP contribution in [0.3, 0.4) is 0 Å². The molecule has 34 heavy (non-hydrogen) atoms. The molecule has 4 N–H and O–H groups in total. The predicted octanol–water partition coefficient (Wildman–Crippen LogP) is 1.03. The first-order chi connectivity index (χ1) is 16.3. The summed E-state index contributed by atoms with van der Waals surface area (Å²) in [6.07, 6.45) is 0. The number of aromatic nitrogens is 1. The fourth-order valence-electron chi connectivity index (χ4n) is 3.42. The van der Waals surface area contributed by atoms with Crippen molar-refractivity contribution in [1.29, 1.82) is 0 Å². The van der Waals surface area contributed by atoms with E-state index in [-0.39, 0.29) is 40.3 Å². The number of hydrogen-bond donors (Lipinski definition) is 3. The second-order valence-electron chi connectivity index (χ2n) is 7.06. The topological polar surface area (TPSA) is 156 Å². The first-order valence-electron chi connectivity index (χ1n) is 9.72. The van der Waals surface area contributed by atoms with E-state index in [1.54, 1.807) is 0 Å². The Kier molecular flexibility index (Phi) is 6.70. The summed E-state index contributed by atoms with van der Waals surface area (Å²) in [7, 11) is 1.26. The van der Waals surface area contributed by atoms with Gasteiger partial charge in [-0.15, -0.1) is 23.1 Å². The number of nitrogen functional groups attached to an aromatic ring is 1. The maximum atomic E-state index is 13.4. The SMILES string of the molecule is CON=C(C(=O)NC1C(=O)N2C(C(=O)O)=C(COc3cccc(F)c3)CS[C@@H]12)c1csc(N)n1. The molecule has 0 saturated carbocycles. The summed E-state index contributed by atoms with van der Waals surface area (Å²) in [5.74, 6) is -2.64. The average Bonchev–Trinajstić information content (AvgIpc) is 3.24. The normalized spacial score (nSPS) is 19.9. The zero-order chi connectivity index (χ0) is 24.4. The number of oxime groups is 1. The third-order valence-electron chi connectivity index (χ3n) is 4.91. The van der Waals surface area contributed by atoms with Gasteiger partial charge in [-0.3, -0.25) is 14.5 Å². The quantitative estimate of drug-likeness (QED) is 0.270. The summed E-state index contributed by atoms with van der Waals surface area (Å²) in [5, 5.41) is 17.1. The van der Waals surface area contributed by atoms with Crippen LogP contribution in [0.2, 0.25) is 0 Å². The molecule has 14 heteroatoms. The van der Waals surface area contributed by atoms with Gasteiger partial charge in [0.15, 0.2) is 10.8 Å². The number of aliphatic carboxylic acids is 1. The maximum absolute atomic E-state index is 13.4. The van der Waals surface area contributed by atoms with Crippen molar-refractivity contribution in [3.8, 4) is 5.75 Å². The largest absolute Gasteiger partial charge is 0.489 e. The lowest BCUT2D eigenvalue weighted by Crippen LogP contribution is -2.71. The highest BCUT2D eigenvalue weighted by Crippen LogP contribution is 2.40. The maximum Gasteiger partial charge on any atom is 0.352 e. The molecule has 1 unspecified atom stereocenters. The minimum Gasteiger partial charge on any atom is -0.489 e. The van der Waals surface area contributed by atoms with E-state index in [9.17, 15) is 23.9 Å². The van der Waals surface area contributed by atoms with Crippen molar-refractivity contribution in [3.05, 3.63) is 52.4 Å². The number of thiazole rings is 1. The van der Waals surface area contributed by atoms with Crippen LogP contribution >= 0.6 is 23.1 Å². The Hall–Kier alpha value is -3.65. The fraction of sp³-hybridized carbons (Fsp3) is 0.250. The Bertz CT molecular complexity index is 1220. The lowest BCUT2D eigenvalue weighted by atomic mass is 10.0. The van der Waals surface area contributed by atoms with Gasteiger partial charge in [-0.2, -0.15) is 0 Å². The fourth-order valence-corrected chi connectivity index (χ4v) is 5.30. The molecule has 0 aliphatic carbocycles. The number of nitrogens with zero attached hydrogens (tertiary/aromatic N) is 3. The highest BCUT2D eigenvalue weighted by Gasteiger charge is 2.54. The molecule has 2 atom stereocenters. The smallest absolute Gasteiger partial charge is 0.352 e. The average molecular weight is 508 g/mol. The van der Waals surface area contributed by atoms with Crippen LogP contribution in [0, 0.1) is 5.82 Å². The van der Waals surface area contributed by atoms with Crippen molar-refractivity contribution in [2.24, 2.45) is 5.16 Å². The van der Waals surface area contributed by atoms with Crippen LogP contribution in [0.25, 0.3) is 0 Å². The van der Waals surface area contributed by atoms with Gasteiger partial charge in [-0.05, 0) is 12.1 Å². The molecule has 0 bridgehead atoms. The summed E-state index contributed by atoms with van der Waals surface area (Å²) in [6.45, 7) is -0.137. The number of nitrogens with two attached hydrogens (primary N) is 1. The Labute approximate surface area is 200 Å². The number of rotatable bonds is 8. The Morgan fingerprint density at radius 3 is 2.88 bits per heavy atom. The van der Waals surface area contributed by atoms with E-state index < -0.39 is 35.0 Å². The van der Waals surface area contributed by atoms with Crippen molar-refractivity contribution in [3.63, 3.8) is 0 Å². The summed E-state index contributed by atoms with van der Waals surface area (Å²) < 4.78 is 18.9. The summed E-state index contributed by atoms with van der Waals surface area (Å²) in [4.78, 5) is 47.4. The van der Waals surface area contributed by atoms with Crippen molar-refractivity contribution in [2.45, 2.75) is 11.4 Å². The number of carboxylic acid groups (broad SMARTS) is 1. The van der Waals surface area contributed by atoms with Gasteiger partial charge >= 0.3 is 5.97 Å². The number of amides is 2. The molecule has 1 aromatic carbocycles. The number of ether oxygens (including phenoxy) is 1. The Morgan fingerprint density at radius 1 is 1.44 bits per heavy atom. The van der Waals surface area contributed by atoms with E-state index in [1.807, 2.05) is 0 Å². The standard InChI is InChI=1S/C20H18FN5O6S2/c1-31-25-13(12-8-34-20(22)23-12)16(27)24-14-17(28)26-15(19(29)30)9(7-33-18(14)26)6-32-11-4-2-3-10(21)5-11/h2-5,8,14,18H,6-7H2,1H3,(H2,22,23)(H,24,27)(H,29,30)/t14?,18-/m0/s1. The number of carbonyl (C=O) groups is 3. The number of hydrogen-bond acceptors (Lipinski definition) is 10. The van der Waals surface area contributed by atoms with Gasteiger partial charge in [-0.25, -0.2) is 14.2 Å². The first kappa shape index (κ1) is 23.5. The number of carboxylic acids is 1. The molecule has 1 saturated heterocycles. The van der Waals surface area contributed by atoms with Crippen molar-refractivity contribution in [2.75, 3.05) is 25.2 Å². The second kappa shape index (κ2) is 9.69. The third kappa shape index (κ3) is 4.54. The van der Waals surface area contributed by atoms with Gasteiger partial charge < -0.3 is 25.7 Å². The van der Waals surface area contributed by atoms with Crippen molar-refractivity contribution >= 4 is 51.7 Å². The highest BCUT2D eigenvalue weighted by molar-refractivity contribution is 8.00. The molecule has 2 amide bonds. The van der Waals surface area contributed by atoms with Crippen LogP contribution in [0.5, 0.6) is 5.75 Å². The predicted molar refractivity (Wildman–Crippen MR) is 122 cm³/mol. The summed E-state index contributed by atoms with van der Waals surface area (Å²) >= 11 is 2.38. The van der Waals surface area contributed by atoms with Crippen LogP contribution in [-0.2, 0) is 19.2 Å². The van der Waals surface area contributed by atoms with Crippen LogP contribution < -0.4 is 15.8 Å². The molecule has 0 radical (unpaired) electrons. The van der Waals surface area contributed by atoms with Gasteiger partial charge in [0.1, 0.15) is 48.1 Å². The number of benzene rings is 1. The van der Waals surface area contributed by atoms with E-state index in [2.05, 4.69) is 15.5 Å². The van der Waals surface area contributed by atoms with E-state index in [1.165, 1.54) is 48.5 Å². The summed E-state index contributed by atoms with van der Waals surface area (Å²) in [5.41, 5.74) is 5.77. The van der Waals surface area contributed by atoms with Crippen LogP contribution in [0.1, 0.15) is 5.69 Å². The number of carbonyl (C=O) groups excluding carboxylic acids is 2. The van der Waals surface area contributed by atoms with Gasteiger partial charge in [0.05, 0.1) is 0 Å². The molecule has 2 aromatic rings. The lowest BCUT2D eigenvalue weighted by Gasteiger charge is -2.49. The number of anilines is 1. The van der Waals surface area contributed by atoms with Gasteiger partial charge in [-0.1, -0.05) is 11.2 Å². The Balaban J connectivity index is 1.49. The van der Waals surface area contributed by atoms with Crippen LogP contribution in [0.4, 0.5) is 9.52 Å². The molecule has 3 heterocycles. The van der Waals surface area contributed by atoms with Crippen molar-refractivity contribution < 1.29 is 33.5 Å². The van der Waals surface area contributed by atoms with Gasteiger partial charge in [0, 0.05) is 22.8 Å². The number of thioether (sulfide) groups is 1. The minimum absolute atomic E-state index is 0.137. The number of nitrogens with one attached hydrogen (secondary N) is 1. The zero-order valence-electron chi connectivity index (χ0n) is 17.6. The number of fused-ring (bicyclic) bond motifs is 1. The van der Waals surface area contributed by atoms with Gasteiger partial charge in [0.2, 0.25) is 0 Å². The molecule has 1 fully saturated rings. The monoisotopic (exact) mass is 507 g/mol. The van der Waals surface area contributed by atoms with E-state index in [0.29, 0.717) is 5.57 Å². The van der Waals surface area contributed by atoms with Crippen LogP contribution in [0.15, 0.2) is 46.1 Å². The molecule has 2 aliphatic rings. The van der Waals surface area contributed by atoms with E-state index in [4.69, 9.17) is 15.3 Å². The molecule has 11 nitrogen and oxygen atoms in total. The van der Waals surface area contributed by atoms with E-state index in [0.717, 1.165) is 16.2 Å². The van der Waals surface area contributed by atoms with Crippen LogP contribution in [-0.4, -0.2) is 69.4 Å². The van der Waals surface area contributed by atoms with Gasteiger partial charge in [0.25, 0.3) is 11.8 Å². The number of β-lactam (4-membered cyclic amide) rings is 1. The molecule has 1 aromatic heterocycles. The third-order valence-corrected chi connectivity index (χ3v) is 6.92. The molecule has 0 spiro atoms. The molecule has 178 valence electrons. The van der Waals surface area contributed by atoms with Crippen molar-refractivity contribution in [1.82, 2.24) is 15.2 Å².